The average Bonchev–Trinajstić information content (AvgIpc) is 2.61. The number of nitrogens with two attached hydrogens (primary N) is 1. The first-order valence-corrected chi connectivity index (χ1v) is 6.35. The van der Waals surface area contributed by atoms with Crippen molar-refractivity contribution in [3.63, 3.8) is 0 Å². The molecule has 0 aliphatic heterocycles. The van der Waals surface area contributed by atoms with Crippen molar-refractivity contribution in [2.75, 3.05) is 12.3 Å². The van der Waals surface area contributed by atoms with Gasteiger partial charge < -0.3 is 10.5 Å². The molecule has 1 rings (SSSR count). The summed E-state index contributed by atoms with van der Waals surface area (Å²) in [4.78, 5) is 16.7. The number of carbonyl (C=O) groups excluding carboxylic acids is 1. The summed E-state index contributed by atoms with van der Waals surface area (Å²) in [6.45, 7) is 6.34. The lowest BCUT2D eigenvalue weighted by Crippen LogP contribution is -2.09. The van der Waals surface area contributed by atoms with E-state index in [1.807, 2.05) is 0 Å². The summed E-state index contributed by atoms with van der Waals surface area (Å²) in [7, 11) is 0. The zero-order valence-electron chi connectivity index (χ0n) is 9.95. The molecule has 0 saturated heterocycles. The SMILES string of the molecule is CCCC(C)c1sc(N)nc1C(=O)OCC. The van der Waals surface area contributed by atoms with Crippen molar-refractivity contribution in [3.05, 3.63) is 10.6 Å². The molecule has 1 atom stereocenters. The summed E-state index contributed by atoms with van der Waals surface area (Å²) in [6, 6.07) is 0. The van der Waals surface area contributed by atoms with Gasteiger partial charge in [-0.3, -0.25) is 0 Å². The second kappa shape index (κ2) is 5.84. The number of aromatic nitrogens is 1. The van der Waals surface area contributed by atoms with E-state index in [-0.39, 0.29) is 5.97 Å². The quantitative estimate of drug-likeness (QED) is 0.806. The number of carbonyl (C=O) groups is 1. The van der Waals surface area contributed by atoms with Crippen LogP contribution in [0.2, 0.25) is 0 Å². The average molecular weight is 242 g/mol. The minimum atomic E-state index is -0.367. The van der Waals surface area contributed by atoms with Crippen molar-refractivity contribution in [1.29, 1.82) is 0 Å². The fourth-order valence-electron chi connectivity index (χ4n) is 1.59. The van der Waals surface area contributed by atoms with Crippen molar-refractivity contribution in [3.8, 4) is 0 Å². The molecule has 1 aromatic rings. The lowest BCUT2D eigenvalue weighted by Gasteiger charge is -2.08. The predicted octanol–water partition coefficient (Wildman–Crippen LogP) is 2.81. The van der Waals surface area contributed by atoms with Crippen molar-refractivity contribution >= 4 is 22.4 Å². The van der Waals surface area contributed by atoms with E-state index in [0.717, 1.165) is 17.7 Å². The molecule has 2 N–H and O–H groups in total. The highest BCUT2D eigenvalue weighted by atomic mass is 32.1. The van der Waals surface area contributed by atoms with Gasteiger partial charge in [-0.05, 0) is 19.3 Å². The fourth-order valence-corrected chi connectivity index (χ4v) is 2.50. The third-order valence-corrected chi connectivity index (χ3v) is 3.42. The van der Waals surface area contributed by atoms with Gasteiger partial charge in [0.15, 0.2) is 10.8 Å². The van der Waals surface area contributed by atoms with Gasteiger partial charge in [-0.1, -0.05) is 20.3 Å². The van der Waals surface area contributed by atoms with Crippen LogP contribution in [-0.2, 0) is 4.74 Å². The molecule has 0 aliphatic carbocycles. The number of anilines is 1. The maximum Gasteiger partial charge on any atom is 0.358 e. The highest BCUT2D eigenvalue weighted by molar-refractivity contribution is 7.15. The minimum Gasteiger partial charge on any atom is -0.461 e. The van der Waals surface area contributed by atoms with E-state index in [0.29, 0.717) is 23.4 Å². The zero-order valence-corrected chi connectivity index (χ0v) is 10.8. The highest BCUT2D eigenvalue weighted by Crippen LogP contribution is 2.31. The Morgan fingerprint density at radius 3 is 2.81 bits per heavy atom. The van der Waals surface area contributed by atoms with Crippen LogP contribution in [-0.4, -0.2) is 17.6 Å². The lowest BCUT2D eigenvalue weighted by atomic mass is 10.0. The number of ether oxygens (including phenoxy) is 1. The Hall–Kier alpha value is -1.10. The molecule has 1 unspecified atom stereocenters. The molecule has 1 heterocycles. The van der Waals surface area contributed by atoms with Gasteiger partial charge in [0.2, 0.25) is 0 Å². The molecule has 16 heavy (non-hydrogen) atoms. The van der Waals surface area contributed by atoms with Gasteiger partial charge in [0, 0.05) is 4.88 Å². The molecule has 0 saturated carbocycles. The molecular formula is C11H18N2O2S. The third-order valence-electron chi connectivity index (χ3n) is 2.31. The van der Waals surface area contributed by atoms with Crippen LogP contribution in [0.25, 0.3) is 0 Å². The highest BCUT2D eigenvalue weighted by Gasteiger charge is 2.21. The van der Waals surface area contributed by atoms with Crippen LogP contribution in [0.5, 0.6) is 0 Å². The largest absolute Gasteiger partial charge is 0.461 e. The zero-order chi connectivity index (χ0) is 12.1. The van der Waals surface area contributed by atoms with Crippen LogP contribution in [0.3, 0.4) is 0 Å². The van der Waals surface area contributed by atoms with Crippen molar-refractivity contribution in [1.82, 2.24) is 4.98 Å². The first-order chi connectivity index (χ1) is 7.60. The van der Waals surface area contributed by atoms with Crippen LogP contribution in [0, 0.1) is 0 Å². The first-order valence-electron chi connectivity index (χ1n) is 5.53. The molecule has 0 radical (unpaired) electrons. The summed E-state index contributed by atoms with van der Waals surface area (Å²) < 4.78 is 4.96. The van der Waals surface area contributed by atoms with Gasteiger partial charge in [0.25, 0.3) is 0 Å². The molecule has 0 spiro atoms. The van der Waals surface area contributed by atoms with Crippen LogP contribution < -0.4 is 5.73 Å². The van der Waals surface area contributed by atoms with Crippen LogP contribution in [0.15, 0.2) is 0 Å². The smallest absolute Gasteiger partial charge is 0.358 e. The molecule has 0 aromatic carbocycles. The Balaban J connectivity index is 2.95. The minimum absolute atomic E-state index is 0.305. The molecule has 0 fully saturated rings. The molecule has 0 aliphatic rings. The monoisotopic (exact) mass is 242 g/mol. The Morgan fingerprint density at radius 1 is 1.56 bits per heavy atom. The van der Waals surface area contributed by atoms with Gasteiger partial charge in [-0.15, -0.1) is 11.3 Å². The van der Waals surface area contributed by atoms with E-state index in [1.165, 1.54) is 11.3 Å². The van der Waals surface area contributed by atoms with E-state index in [2.05, 4.69) is 18.8 Å². The molecular weight excluding hydrogens is 224 g/mol. The molecule has 4 nitrogen and oxygen atoms in total. The van der Waals surface area contributed by atoms with Gasteiger partial charge in [-0.2, -0.15) is 0 Å². The van der Waals surface area contributed by atoms with Gasteiger partial charge in [0.05, 0.1) is 6.61 Å². The van der Waals surface area contributed by atoms with Gasteiger partial charge >= 0.3 is 5.97 Å². The van der Waals surface area contributed by atoms with Gasteiger partial charge in [-0.25, -0.2) is 9.78 Å². The van der Waals surface area contributed by atoms with E-state index < -0.39 is 0 Å². The maximum atomic E-state index is 11.7. The Kier molecular flexibility index (Phi) is 4.73. The van der Waals surface area contributed by atoms with E-state index in [1.54, 1.807) is 6.92 Å². The summed E-state index contributed by atoms with van der Waals surface area (Å²) >= 11 is 1.38. The number of thiazole rings is 1. The van der Waals surface area contributed by atoms with Crippen molar-refractivity contribution in [2.24, 2.45) is 0 Å². The third kappa shape index (κ3) is 2.95. The van der Waals surface area contributed by atoms with Gasteiger partial charge in [0.1, 0.15) is 0 Å². The van der Waals surface area contributed by atoms with Crippen LogP contribution >= 0.6 is 11.3 Å². The summed E-state index contributed by atoms with van der Waals surface area (Å²) in [5, 5.41) is 0.431. The van der Waals surface area contributed by atoms with E-state index >= 15 is 0 Å². The van der Waals surface area contributed by atoms with Crippen LogP contribution in [0.4, 0.5) is 5.13 Å². The number of nitrogen functional groups attached to an aromatic ring is 1. The number of hydrogen-bond donors (Lipinski definition) is 1. The normalized spacial score (nSPS) is 12.4. The Labute approximate surface area is 99.8 Å². The maximum absolute atomic E-state index is 11.7. The van der Waals surface area contributed by atoms with Crippen molar-refractivity contribution in [2.45, 2.75) is 39.5 Å². The molecule has 1 aromatic heterocycles. The Bertz CT molecular complexity index is 363. The number of hydrogen-bond acceptors (Lipinski definition) is 5. The number of nitrogens with zero attached hydrogens (tertiary/aromatic N) is 1. The van der Waals surface area contributed by atoms with E-state index in [9.17, 15) is 4.79 Å². The number of esters is 1. The lowest BCUT2D eigenvalue weighted by molar-refractivity contribution is 0.0518. The first kappa shape index (κ1) is 13.0. The second-order valence-corrected chi connectivity index (χ2v) is 4.74. The van der Waals surface area contributed by atoms with Crippen LogP contribution in [0.1, 0.15) is 54.9 Å². The Morgan fingerprint density at radius 2 is 2.25 bits per heavy atom. The number of rotatable bonds is 5. The molecule has 0 amide bonds. The molecule has 0 bridgehead atoms. The van der Waals surface area contributed by atoms with E-state index in [4.69, 9.17) is 10.5 Å². The second-order valence-electron chi connectivity index (χ2n) is 3.68. The standard InChI is InChI=1S/C11H18N2O2S/c1-4-6-7(3)9-8(10(14)15-5-2)13-11(12)16-9/h7H,4-6H2,1-3H3,(H2,12,13). The summed E-state index contributed by atoms with van der Waals surface area (Å²) in [6.07, 6.45) is 2.09. The molecule has 90 valence electrons. The summed E-state index contributed by atoms with van der Waals surface area (Å²) in [5.41, 5.74) is 6.04. The topological polar surface area (TPSA) is 65.2 Å². The van der Waals surface area contributed by atoms with Crippen molar-refractivity contribution < 1.29 is 9.53 Å². The molecule has 5 heteroatoms. The fraction of sp³-hybridized carbons (Fsp3) is 0.636. The summed E-state index contributed by atoms with van der Waals surface area (Å²) in [5.74, 6) is -0.0624. The predicted molar refractivity (Wildman–Crippen MR) is 65.8 cm³/mol.